The molecule has 2 aliphatic rings. The molecule has 244 valence electrons. The third-order valence-corrected chi connectivity index (χ3v) is 7.82. The summed E-state index contributed by atoms with van der Waals surface area (Å²) in [5.41, 5.74) is -0.841. The maximum Gasteiger partial charge on any atom is 0.408 e. The van der Waals surface area contributed by atoms with Crippen LogP contribution in [0.2, 0.25) is 0 Å². The van der Waals surface area contributed by atoms with Crippen LogP contribution in [0.1, 0.15) is 72.6 Å². The van der Waals surface area contributed by atoms with E-state index in [4.69, 9.17) is 19.4 Å². The summed E-state index contributed by atoms with van der Waals surface area (Å²) in [6.45, 7) is 10.9. The van der Waals surface area contributed by atoms with Crippen LogP contribution in [0.25, 0.3) is 16.9 Å². The van der Waals surface area contributed by atoms with Crippen molar-refractivity contribution in [1.29, 1.82) is 0 Å². The smallest absolute Gasteiger partial charge is 0.408 e. The van der Waals surface area contributed by atoms with Crippen LogP contribution >= 0.6 is 0 Å². The summed E-state index contributed by atoms with van der Waals surface area (Å²) in [7, 11) is 0. The number of alkyl halides is 2. The van der Waals surface area contributed by atoms with Gasteiger partial charge in [0.25, 0.3) is 6.43 Å². The topological polar surface area (TPSA) is 136 Å². The number of rotatable bonds is 8. The van der Waals surface area contributed by atoms with E-state index < -0.39 is 23.7 Å². The van der Waals surface area contributed by atoms with E-state index >= 15 is 0 Å². The number of ether oxygens (including phenoxy) is 2. The number of fused-ring (bicyclic) bond motifs is 1. The van der Waals surface area contributed by atoms with Crippen LogP contribution in [-0.2, 0) is 14.3 Å². The molecule has 0 bridgehead atoms. The van der Waals surface area contributed by atoms with Gasteiger partial charge < -0.3 is 30.3 Å². The van der Waals surface area contributed by atoms with Gasteiger partial charge in [0.2, 0.25) is 11.9 Å². The summed E-state index contributed by atoms with van der Waals surface area (Å²) in [4.78, 5) is 41.0. The van der Waals surface area contributed by atoms with Gasteiger partial charge in [-0.3, -0.25) is 9.36 Å². The van der Waals surface area contributed by atoms with E-state index in [2.05, 4.69) is 25.8 Å². The van der Waals surface area contributed by atoms with Gasteiger partial charge >= 0.3 is 6.09 Å². The molecule has 14 heteroatoms. The molecule has 1 saturated heterocycles. The number of carbonyl (C=O) groups is 2. The summed E-state index contributed by atoms with van der Waals surface area (Å²) in [5, 5.41) is 9.13. The summed E-state index contributed by atoms with van der Waals surface area (Å²) in [6.07, 6.45) is -0.611. The zero-order chi connectivity index (χ0) is 32.4. The van der Waals surface area contributed by atoms with Gasteiger partial charge in [-0.05, 0) is 72.4 Å². The Morgan fingerprint density at radius 2 is 1.60 bits per heavy atom. The average Bonchev–Trinajstić information content (AvgIpc) is 3.37. The monoisotopic (exact) mass is 628 g/mol. The molecule has 2 fully saturated rings. The van der Waals surface area contributed by atoms with Crippen molar-refractivity contribution in [2.75, 3.05) is 36.5 Å². The lowest BCUT2D eigenvalue weighted by atomic mass is 9.90. The highest BCUT2D eigenvalue weighted by molar-refractivity contribution is 5.89. The number of para-hydroxylation sites is 2. The van der Waals surface area contributed by atoms with Crippen molar-refractivity contribution in [3.05, 3.63) is 36.2 Å². The summed E-state index contributed by atoms with van der Waals surface area (Å²) in [6, 6.07) is 8.65. The van der Waals surface area contributed by atoms with Crippen LogP contribution in [0.3, 0.4) is 0 Å². The van der Waals surface area contributed by atoms with E-state index in [1.807, 2.05) is 0 Å². The second-order valence-electron chi connectivity index (χ2n) is 13.0. The zero-order valence-corrected chi connectivity index (χ0v) is 26.4. The van der Waals surface area contributed by atoms with Crippen LogP contribution in [0, 0.1) is 0 Å². The van der Waals surface area contributed by atoms with Crippen molar-refractivity contribution < 1.29 is 27.8 Å². The number of nitrogens with zero attached hydrogens (tertiary/aromatic N) is 5. The number of aromatic nitrogens is 4. The first-order chi connectivity index (χ1) is 21.3. The van der Waals surface area contributed by atoms with E-state index in [1.54, 1.807) is 65.0 Å². The van der Waals surface area contributed by atoms with Gasteiger partial charge in [0.1, 0.15) is 22.8 Å². The molecule has 0 unspecified atom stereocenters. The van der Waals surface area contributed by atoms with Gasteiger partial charge in [-0.25, -0.2) is 18.6 Å². The molecule has 0 radical (unpaired) electrons. The van der Waals surface area contributed by atoms with Gasteiger partial charge in [-0.1, -0.05) is 12.1 Å². The van der Waals surface area contributed by atoms with E-state index in [1.165, 1.54) is 4.57 Å². The number of imidazole rings is 1. The Kier molecular flexibility index (Phi) is 9.42. The predicted molar refractivity (Wildman–Crippen MR) is 166 cm³/mol. The van der Waals surface area contributed by atoms with Crippen LogP contribution in [-0.4, -0.2) is 81.0 Å². The quantitative estimate of drug-likeness (QED) is 0.324. The molecule has 0 atom stereocenters. The van der Waals surface area contributed by atoms with E-state index in [-0.39, 0.29) is 23.8 Å². The number of nitrogens with one attached hydrogen (secondary N) is 3. The van der Waals surface area contributed by atoms with Gasteiger partial charge in [0.05, 0.1) is 24.2 Å². The molecule has 45 heavy (non-hydrogen) atoms. The normalized spacial score (nSPS) is 19.4. The highest BCUT2D eigenvalue weighted by Gasteiger charge is 2.34. The largest absolute Gasteiger partial charge is 0.444 e. The maximum atomic E-state index is 14.2. The van der Waals surface area contributed by atoms with Crippen LogP contribution in [0.4, 0.5) is 25.3 Å². The summed E-state index contributed by atoms with van der Waals surface area (Å²) >= 11 is 0. The van der Waals surface area contributed by atoms with E-state index in [0.29, 0.717) is 67.8 Å². The highest BCUT2D eigenvalue weighted by Crippen LogP contribution is 2.30. The van der Waals surface area contributed by atoms with Gasteiger partial charge in [0.15, 0.2) is 5.82 Å². The highest BCUT2D eigenvalue weighted by atomic mass is 19.3. The number of carbonyl (C=O) groups excluding carboxylic acids is 2. The molecule has 0 spiro atoms. The fourth-order valence-electron chi connectivity index (χ4n) is 5.53. The van der Waals surface area contributed by atoms with Crippen molar-refractivity contribution in [3.63, 3.8) is 0 Å². The molecule has 1 aromatic carbocycles. The second-order valence-corrected chi connectivity index (χ2v) is 13.0. The number of hydrogen-bond acceptors (Lipinski definition) is 9. The standard InChI is InChI=1S/C31H42F2N8O4/c1-30(2,3)45-29(43)39-31(4,5)27(42)34-19-10-12-20(13-11-19)35-28-37-23(40-14-16-44-17-15-40)18-24(38-28)41-22-9-7-6-8-21(22)36-26(41)25(32)33/h6-9,18-20,25H,10-17H2,1-5H3,(H,34,42)(H,39,43)(H,35,37,38)/t19-,20-. The number of hydrogen-bond donors (Lipinski definition) is 3. The first kappa shape index (κ1) is 32.3. The van der Waals surface area contributed by atoms with Crippen molar-refractivity contribution in [2.45, 2.75) is 90.0 Å². The van der Waals surface area contributed by atoms with Gasteiger partial charge in [-0.15, -0.1) is 0 Å². The molecule has 3 aromatic rings. The number of anilines is 2. The first-order valence-corrected chi connectivity index (χ1v) is 15.4. The molecule has 3 N–H and O–H groups in total. The molecule has 5 rings (SSSR count). The second kappa shape index (κ2) is 13.1. The Bertz CT molecular complexity index is 1510. The molecule has 1 saturated carbocycles. The Balaban J connectivity index is 1.30. The zero-order valence-electron chi connectivity index (χ0n) is 26.4. The minimum atomic E-state index is -2.80. The number of alkyl carbamates (subject to hydrolysis) is 1. The van der Waals surface area contributed by atoms with Crippen molar-refractivity contribution in [1.82, 2.24) is 30.2 Å². The van der Waals surface area contributed by atoms with Crippen molar-refractivity contribution in [2.24, 2.45) is 0 Å². The van der Waals surface area contributed by atoms with Gasteiger partial charge in [0, 0.05) is 31.2 Å². The van der Waals surface area contributed by atoms with Crippen LogP contribution < -0.4 is 20.9 Å². The SMILES string of the molecule is CC(C)(C)OC(=O)NC(C)(C)C(=O)N[C@H]1CC[C@H](Nc2nc(N3CCOCC3)cc(-n3c(C(F)F)nc4ccccc43)n2)CC1. The predicted octanol–water partition coefficient (Wildman–Crippen LogP) is 4.73. The maximum absolute atomic E-state index is 14.2. The summed E-state index contributed by atoms with van der Waals surface area (Å²) in [5.74, 6) is 0.581. The molecular formula is C31H42F2N8O4. The molecule has 3 heterocycles. The van der Waals surface area contributed by atoms with Crippen LogP contribution in [0.5, 0.6) is 0 Å². The van der Waals surface area contributed by atoms with E-state index in [0.717, 1.165) is 12.8 Å². The number of benzene rings is 1. The fraction of sp³-hybridized carbons (Fsp3) is 0.581. The average molecular weight is 629 g/mol. The Morgan fingerprint density at radius 3 is 2.27 bits per heavy atom. The molecule has 2 amide bonds. The molecule has 12 nitrogen and oxygen atoms in total. The molecular weight excluding hydrogens is 586 g/mol. The molecule has 1 aliphatic carbocycles. The van der Waals surface area contributed by atoms with E-state index in [9.17, 15) is 18.4 Å². The van der Waals surface area contributed by atoms with Crippen LogP contribution in [0.15, 0.2) is 30.3 Å². The first-order valence-electron chi connectivity index (χ1n) is 15.4. The lowest BCUT2D eigenvalue weighted by Crippen LogP contribution is -2.57. The number of morpholine rings is 1. The number of halogens is 2. The minimum absolute atomic E-state index is 0.00735. The third kappa shape index (κ3) is 7.96. The lowest BCUT2D eigenvalue weighted by Gasteiger charge is -2.33. The van der Waals surface area contributed by atoms with Gasteiger partial charge in [-0.2, -0.15) is 9.97 Å². The fourth-order valence-corrected chi connectivity index (χ4v) is 5.53. The molecule has 2 aromatic heterocycles. The Morgan fingerprint density at radius 1 is 0.956 bits per heavy atom. The number of amides is 2. The minimum Gasteiger partial charge on any atom is -0.444 e. The lowest BCUT2D eigenvalue weighted by molar-refractivity contribution is -0.127. The Labute approximate surface area is 261 Å². The van der Waals surface area contributed by atoms with Crippen molar-refractivity contribution in [3.8, 4) is 5.82 Å². The summed E-state index contributed by atoms with van der Waals surface area (Å²) < 4.78 is 40.6. The Hall–Kier alpha value is -4.07. The van der Waals surface area contributed by atoms with Crippen molar-refractivity contribution >= 4 is 34.8 Å². The third-order valence-electron chi connectivity index (χ3n) is 7.82. The molecule has 1 aliphatic heterocycles.